The Morgan fingerprint density at radius 2 is 2.33 bits per heavy atom. The zero-order valence-corrected chi connectivity index (χ0v) is 12.0. The van der Waals surface area contributed by atoms with Crippen LogP contribution in [0.3, 0.4) is 0 Å². The van der Waals surface area contributed by atoms with E-state index in [1.165, 1.54) is 17.4 Å². The maximum atomic E-state index is 11.8. The van der Waals surface area contributed by atoms with Gasteiger partial charge in [0.1, 0.15) is 11.5 Å². The first-order valence-corrected chi connectivity index (χ1v) is 7.03. The maximum absolute atomic E-state index is 11.8. The van der Waals surface area contributed by atoms with Crippen molar-refractivity contribution in [3.05, 3.63) is 48.4 Å². The molecule has 2 aromatic heterocycles. The maximum Gasteiger partial charge on any atom is 0.250 e. The Bertz CT molecular complexity index is 790. The molecule has 5 nitrogen and oxygen atoms in total. The molecule has 1 N–H and O–H groups in total. The summed E-state index contributed by atoms with van der Waals surface area (Å²) in [5.74, 6) is 1.14. The number of rotatable bonds is 4. The van der Waals surface area contributed by atoms with Gasteiger partial charge in [0.25, 0.3) is 0 Å². The van der Waals surface area contributed by atoms with Gasteiger partial charge in [-0.25, -0.2) is 4.98 Å². The van der Waals surface area contributed by atoms with Crippen LogP contribution >= 0.6 is 11.3 Å². The third kappa shape index (κ3) is 3.11. The number of aromatic nitrogens is 1. The number of carbonyl (C=O) groups is 1. The third-order valence-electron chi connectivity index (χ3n) is 2.77. The van der Waals surface area contributed by atoms with E-state index in [4.69, 9.17) is 9.15 Å². The summed E-state index contributed by atoms with van der Waals surface area (Å²) in [5.41, 5.74) is 0.825. The first-order valence-electron chi connectivity index (χ1n) is 6.22. The second-order valence-corrected chi connectivity index (χ2v) is 5.22. The lowest BCUT2D eigenvalue weighted by atomic mass is 10.3. The molecule has 0 aliphatic heterocycles. The average Bonchev–Trinajstić information content (AvgIpc) is 3.13. The summed E-state index contributed by atoms with van der Waals surface area (Å²) < 4.78 is 11.2. The van der Waals surface area contributed by atoms with Gasteiger partial charge >= 0.3 is 0 Å². The number of nitrogens with one attached hydrogen (secondary N) is 1. The summed E-state index contributed by atoms with van der Waals surface area (Å²) in [7, 11) is 1.62. The summed E-state index contributed by atoms with van der Waals surface area (Å²) in [4.78, 5) is 16.2. The van der Waals surface area contributed by atoms with E-state index >= 15 is 0 Å². The lowest BCUT2D eigenvalue weighted by Gasteiger charge is -1.96. The van der Waals surface area contributed by atoms with Gasteiger partial charge in [0.2, 0.25) is 5.91 Å². The zero-order chi connectivity index (χ0) is 14.7. The van der Waals surface area contributed by atoms with Crippen LogP contribution in [0.25, 0.3) is 16.3 Å². The SMILES string of the molecule is COc1ccc2nc(NC(=O)/C=C\c3ccco3)sc2c1. The number of furan rings is 1. The fraction of sp³-hybridized carbons (Fsp3) is 0.0667. The fourth-order valence-electron chi connectivity index (χ4n) is 1.78. The summed E-state index contributed by atoms with van der Waals surface area (Å²) in [6.07, 6.45) is 4.57. The van der Waals surface area contributed by atoms with Crippen molar-refractivity contribution in [3.63, 3.8) is 0 Å². The number of methoxy groups -OCH3 is 1. The van der Waals surface area contributed by atoms with E-state index in [1.54, 1.807) is 31.6 Å². The zero-order valence-electron chi connectivity index (χ0n) is 11.2. The summed E-state index contributed by atoms with van der Waals surface area (Å²) >= 11 is 1.40. The smallest absolute Gasteiger partial charge is 0.250 e. The highest BCUT2D eigenvalue weighted by Crippen LogP contribution is 2.29. The van der Waals surface area contributed by atoms with Crippen LogP contribution in [0.5, 0.6) is 5.75 Å². The molecule has 0 unspecified atom stereocenters. The average molecular weight is 300 g/mol. The molecule has 0 bridgehead atoms. The number of hydrogen-bond donors (Lipinski definition) is 1. The van der Waals surface area contributed by atoms with E-state index in [0.29, 0.717) is 10.9 Å². The minimum absolute atomic E-state index is 0.252. The van der Waals surface area contributed by atoms with Gasteiger partial charge in [-0.3, -0.25) is 10.1 Å². The molecule has 0 radical (unpaired) electrons. The quantitative estimate of drug-likeness (QED) is 0.748. The predicted molar refractivity (Wildman–Crippen MR) is 82.5 cm³/mol. The van der Waals surface area contributed by atoms with E-state index in [2.05, 4.69) is 10.3 Å². The van der Waals surface area contributed by atoms with E-state index in [1.807, 2.05) is 18.2 Å². The molecule has 3 aromatic rings. The Kier molecular flexibility index (Phi) is 3.70. The number of benzene rings is 1. The van der Waals surface area contributed by atoms with Crippen molar-refractivity contribution in [1.82, 2.24) is 4.98 Å². The van der Waals surface area contributed by atoms with Crippen LogP contribution < -0.4 is 10.1 Å². The number of carbonyl (C=O) groups excluding carboxylic acids is 1. The number of fused-ring (bicyclic) bond motifs is 1. The van der Waals surface area contributed by atoms with Gasteiger partial charge in [-0.1, -0.05) is 11.3 Å². The minimum Gasteiger partial charge on any atom is -0.497 e. The monoisotopic (exact) mass is 300 g/mol. The van der Waals surface area contributed by atoms with E-state index < -0.39 is 0 Å². The molecule has 0 spiro atoms. The number of amides is 1. The van der Waals surface area contributed by atoms with Gasteiger partial charge in [-0.15, -0.1) is 0 Å². The van der Waals surface area contributed by atoms with Crippen LogP contribution in [0.1, 0.15) is 5.76 Å². The lowest BCUT2D eigenvalue weighted by Crippen LogP contribution is -2.07. The first kappa shape index (κ1) is 13.4. The molecular formula is C15H12N2O3S. The normalized spacial score (nSPS) is 11.1. The lowest BCUT2D eigenvalue weighted by molar-refractivity contribution is -0.111. The van der Waals surface area contributed by atoms with Gasteiger partial charge in [-0.2, -0.15) is 0 Å². The van der Waals surface area contributed by atoms with Gasteiger partial charge in [0, 0.05) is 6.08 Å². The molecule has 106 valence electrons. The van der Waals surface area contributed by atoms with Crippen LogP contribution in [-0.2, 0) is 4.79 Å². The Balaban J connectivity index is 1.73. The molecular weight excluding hydrogens is 288 g/mol. The van der Waals surface area contributed by atoms with Crippen molar-refractivity contribution in [2.75, 3.05) is 12.4 Å². The third-order valence-corrected chi connectivity index (χ3v) is 3.70. The second-order valence-electron chi connectivity index (χ2n) is 4.19. The largest absolute Gasteiger partial charge is 0.497 e. The number of thiazole rings is 1. The van der Waals surface area contributed by atoms with Crippen molar-refractivity contribution in [3.8, 4) is 5.75 Å². The minimum atomic E-state index is -0.252. The highest BCUT2D eigenvalue weighted by atomic mass is 32.1. The van der Waals surface area contributed by atoms with Gasteiger partial charge in [-0.05, 0) is 36.4 Å². The summed E-state index contributed by atoms with van der Waals surface area (Å²) in [5, 5.41) is 3.28. The van der Waals surface area contributed by atoms with E-state index in [0.717, 1.165) is 16.0 Å². The van der Waals surface area contributed by atoms with Crippen molar-refractivity contribution in [1.29, 1.82) is 0 Å². The molecule has 0 fully saturated rings. The standard InChI is InChI=1S/C15H12N2O3S/c1-19-11-4-6-12-13(9-11)21-15(16-12)17-14(18)7-5-10-3-2-8-20-10/h2-9H,1H3,(H,16,17,18)/b7-5-. The molecule has 2 heterocycles. The predicted octanol–water partition coefficient (Wildman–Crippen LogP) is 3.55. The number of ether oxygens (including phenoxy) is 1. The highest BCUT2D eigenvalue weighted by molar-refractivity contribution is 7.22. The van der Waals surface area contributed by atoms with Crippen molar-refractivity contribution in [2.24, 2.45) is 0 Å². The second kappa shape index (κ2) is 5.80. The van der Waals surface area contributed by atoms with Gasteiger partial charge in [0.15, 0.2) is 5.13 Å². The molecule has 0 aliphatic rings. The number of hydrogen-bond acceptors (Lipinski definition) is 5. The Morgan fingerprint density at radius 1 is 1.43 bits per heavy atom. The Labute approximate surface area is 124 Å². The first-order chi connectivity index (χ1) is 10.2. The molecule has 1 amide bonds. The molecule has 0 saturated carbocycles. The fourth-order valence-corrected chi connectivity index (χ4v) is 2.67. The molecule has 6 heteroatoms. The van der Waals surface area contributed by atoms with Gasteiger partial charge in [0.05, 0.1) is 23.6 Å². The molecule has 0 aliphatic carbocycles. The summed E-state index contributed by atoms with van der Waals surface area (Å²) in [6.45, 7) is 0. The molecule has 21 heavy (non-hydrogen) atoms. The summed E-state index contributed by atoms with van der Waals surface area (Å²) in [6, 6.07) is 9.12. The molecule has 0 atom stereocenters. The van der Waals surface area contributed by atoms with Crippen molar-refractivity contribution < 1.29 is 13.9 Å². The topological polar surface area (TPSA) is 64.4 Å². The van der Waals surface area contributed by atoms with Crippen LogP contribution in [0.4, 0.5) is 5.13 Å². The Morgan fingerprint density at radius 3 is 3.10 bits per heavy atom. The Hall–Kier alpha value is -2.60. The number of anilines is 1. The van der Waals surface area contributed by atoms with Crippen molar-refractivity contribution in [2.45, 2.75) is 0 Å². The van der Waals surface area contributed by atoms with Gasteiger partial charge < -0.3 is 9.15 Å². The van der Waals surface area contributed by atoms with Crippen LogP contribution in [0.2, 0.25) is 0 Å². The van der Waals surface area contributed by atoms with E-state index in [-0.39, 0.29) is 5.91 Å². The molecule has 3 rings (SSSR count). The van der Waals surface area contributed by atoms with Crippen LogP contribution in [0, 0.1) is 0 Å². The van der Waals surface area contributed by atoms with Crippen molar-refractivity contribution >= 4 is 38.7 Å². The van der Waals surface area contributed by atoms with E-state index in [9.17, 15) is 4.79 Å². The highest BCUT2D eigenvalue weighted by Gasteiger charge is 2.07. The molecule has 0 saturated heterocycles. The van der Waals surface area contributed by atoms with Crippen LogP contribution in [0.15, 0.2) is 47.1 Å². The number of nitrogens with zero attached hydrogens (tertiary/aromatic N) is 1. The molecule has 1 aromatic carbocycles. The van der Waals surface area contributed by atoms with Crippen LogP contribution in [-0.4, -0.2) is 18.0 Å².